The normalized spacial score (nSPS) is 27.5. The van der Waals surface area contributed by atoms with E-state index in [2.05, 4.69) is 14.4 Å². The van der Waals surface area contributed by atoms with Gasteiger partial charge in [0.25, 0.3) is 15.9 Å². The van der Waals surface area contributed by atoms with E-state index in [1.165, 1.54) is 12.1 Å². The third-order valence-electron chi connectivity index (χ3n) is 7.81. The Hall–Kier alpha value is -3.09. The number of fused-ring (bicyclic) bond motifs is 6. The van der Waals surface area contributed by atoms with E-state index in [-0.39, 0.29) is 63.8 Å². The van der Waals surface area contributed by atoms with Crippen molar-refractivity contribution in [1.29, 1.82) is 0 Å². The largest absolute Gasteiger partial charge is 0.511 e. The summed E-state index contributed by atoms with van der Waals surface area (Å²) >= 11 is 6.04. The zero-order valence-corrected chi connectivity index (χ0v) is 22.6. The molecule has 2 unspecified atom stereocenters. The van der Waals surface area contributed by atoms with E-state index >= 15 is 0 Å². The standard InChI is InChI=1S/C25H25ClN4O6S2/c1-37(33,34)28-17-8-9-18-19(11-17)38(35,36)29-24(27-18)21-23(31)20-14-4-5-15(10-14)22(20)30(25(21)32)12-13-2-6-16(26)7-3-13/h2-3,6-9,11,14-15,20,22,28,31H,4-5,10,12H2,1H3,(H,27,29)/t14-,15+,20?,22?/m0/s1. The molecule has 3 N–H and O–H groups in total. The van der Waals surface area contributed by atoms with Crippen LogP contribution in [0.4, 0.5) is 11.4 Å². The molecular formula is C25H25ClN4O6S2. The number of rotatable bonds is 5. The smallest absolute Gasteiger partial charge is 0.286 e. The van der Waals surface area contributed by atoms with Crippen LogP contribution in [0.2, 0.25) is 5.02 Å². The molecule has 2 aromatic rings. The lowest BCUT2D eigenvalue weighted by molar-refractivity contribution is -0.134. The van der Waals surface area contributed by atoms with Crippen LogP contribution in [-0.4, -0.2) is 50.9 Å². The van der Waals surface area contributed by atoms with Crippen LogP contribution in [0.5, 0.6) is 0 Å². The van der Waals surface area contributed by atoms with Gasteiger partial charge in [-0.25, -0.2) is 8.42 Å². The van der Waals surface area contributed by atoms with Gasteiger partial charge in [0, 0.05) is 29.2 Å². The molecule has 10 nitrogen and oxygen atoms in total. The van der Waals surface area contributed by atoms with Crippen LogP contribution in [0, 0.1) is 17.8 Å². The second-order valence-electron chi connectivity index (χ2n) is 10.3. The van der Waals surface area contributed by atoms with Gasteiger partial charge in [0.1, 0.15) is 16.2 Å². The van der Waals surface area contributed by atoms with Gasteiger partial charge in [0.2, 0.25) is 10.0 Å². The summed E-state index contributed by atoms with van der Waals surface area (Å²) in [4.78, 5) is 15.4. The van der Waals surface area contributed by atoms with Crippen molar-refractivity contribution in [2.45, 2.75) is 36.7 Å². The number of hydrogen-bond donors (Lipinski definition) is 3. The molecule has 4 atom stereocenters. The van der Waals surface area contributed by atoms with Gasteiger partial charge in [-0.2, -0.15) is 8.42 Å². The van der Waals surface area contributed by atoms with E-state index in [4.69, 9.17) is 11.6 Å². The molecule has 4 aliphatic rings. The summed E-state index contributed by atoms with van der Waals surface area (Å²) in [6, 6.07) is 11.0. The molecule has 2 aromatic carbocycles. The highest BCUT2D eigenvalue weighted by Crippen LogP contribution is 2.55. The summed E-state index contributed by atoms with van der Waals surface area (Å²) < 4.78 is 55.6. The van der Waals surface area contributed by atoms with Gasteiger partial charge in [0.05, 0.1) is 11.9 Å². The van der Waals surface area contributed by atoms with Crippen LogP contribution in [0.1, 0.15) is 24.8 Å². The fraction of sp³-hybridized carbons (Fsp3) is 0.360. The molecule has 0 spiro atoms. The first kappa shape index (κ1) is 25.2. The number of anilines is 2. The molecule has 2 bridgehead atoms. The van der Waals surface area contributed by atoms with E-state index in [0.717, 1.165) is 37.1 Å². The van der Waals surface area contributed by atoms with E-state index in [0.29, 0.717) is 5.02 Å². The minimum atomic E-state index is -4.32. The molecule has 0 saturated heterocycles. The van der Waals surface area contributed by atoms with E-state index in [9.17, 15) is 26.7 Å². The topological polar surface area (TPSA) is 145 Å². The predicted octanol–water partition coefficient (Wildman–Crippen LogP) is 3.49. The minimum Gasteiger partial charge on any atom is -0.511 e. The Labute approximate surface area is 225 Å². The second-order valence-corrected chi connectivity index (χ2v) is 14.1. The highest BCUT2D eigenvalue weighted by Gasteiger charge is 2.57. The summed E-state index contributed by atoms with van der Waals surface area (Å²) in [5.41, 5.74) is 0.902. The molecule has 38 heavy (non-hydrogen) atoms. The highest BCUT2D eigenvalue weighted by molar-refractivity contribution is 7.92. The number of benzene rings is 2. The van der Waals surface area contributed by atoms with Crippen molar-refractivity contribution >= 4 is 54.8 Å². The minimum absolute atomic E-state index is 0.0602. The summed E-state index contributed by atoms with van der Waals surface area (Å²) in [6.45, 7) is 0.286. The Balaban J connectivity index is 1.41. The number of amides is 1. The van der Waals surface area contributed by atoms with Crippen LogP contribution >= 0.6 is 11.6 Å². The third-order valence-corrected chi connectivity index (χ3v) is 9.98. The van der Waals surface area contributed by atoms with Crippen molar-refractivity contribution in [3.8, 4) is 0 Å². The van der Waals surface area contributed by atoms with Crippen molar-refractivity contribution in [2.75, 3.05) is 16.3 Å². The zero-order chi connectivity index (χ0) is 27.0. The molecule has 13 heteroatoms. The molecule has 0 radical (unpaired) electrons. The average molecular weight is 577 g/mol. The molecule has 2 aliphatic heterocycles. The average Bonchev–Trinajstić information content (AvgIpc) is 3.45. The van der Waals surface area contributed by atoms with Crippen LogP contribution in [0.3, 0.4) is 0 Å². The monoisotopic (exact) mass is 576 g/mol. The highest BCUT2D eigenvalue weighted by atomic mass is 35.5. The Morgan fingerprint density at radius 3 is 2.58 bits per heavy atom. The SMILES string of the molecule is CS(=O)(=O)Nc1ccc2c(c1)S(=O)(=O)N=C(C1=C(O)C3C([C@@H]4CC[C@H]3C4)N(Cc3ccc(Cl)cc3)C1=O)N2. The van der Waals surface area contributed by atoms with Crippen molar-refractivity contribution in [2.24, 2.45) is 22.2 Å². The van der Waals surface area contributed by atoms with Gasteiger partial charge in [-0.05, 0) is 67.0 Å². The van der Waals surface area contributed by atoms with Crippen LogP contribution in [0.15, 0.2) is 63.1 Å². The fourth-order valence-corrected chi connectivity index (χ4v) is 8.21. The number of amidine groups is 1. The number of hydrogen-bond acceptors (Lipinski definition) is 7. The van der Waals surface area contributed by atoms with Crippen molar-refractivity contribution < 1.29 is 26.7 Å². The summed E-state index contributed by atoms with van der Waals surface area (Å²) in [5, 5.41) is 14.9. The van der Waals surface area contributed by atoms with E-state index < -0.39 is 26.0 Å². The number of halogens is 1. The predicted molar refractivity (Wildman–Crippen MR) is 143 cm³/mol. The number of nitrogens with zero attached hydrogens (tertiary/aromatic N) is 2. The molecule has 200 valence electrons. The molecule has 2 heterocycles. The third kappa shape index (κ3) is 4.24. The Bertz CT molecular complexity index is 1640. The maximum atomic E-state index is 13.9. The summed E-state index contributed by atoms with van der Waals surface area (Å²) in [5.74, 6) is -0.712. The molecular weight excluding hydrogens is 552 g/mol. The lowest BCUT2D eigenvalue weighted by Gasteiger charge is -2.44. The summed E-state index contributed by atoms with van der Waals surface area (Å²) in [7, 11) is -7.95. The molecule has 2 aliphatic carbocycles. The van der Waals surface area contributed by atoms with Crippen molar-refractivity contribution in [3.63, 3.8) is 0 Å². The van der Waals surface area contributed by atoms with Gasteiger partial charge in [-0.3, -0.25) is 9.52 Å². The lowest BCUT2D eigenvalue weighted by Crippen LogP contribution is -2.53. The van der Waals surface area contributed by atoms with Crippen LogP contribution < -0.4 is 10.0 Å². The van der Waals surface area contributed by atoms with Gasteiger partial charge in [0.15, 0.2) is 5.84 Å². The lowest BCUT2D eigenvalue weighted by atomic mass is 9.77. The first-order chi connectivity index (χ1) is 17.9. The first-order valence-electron chi connectivity index (χ1n) is 12.1. The second kappa shape index (κ2) is 8.72. The Kier molecular flexibility index (Phi) is 5.78. The number of aliphatic hydroxyl groups excluding tert-OH is 1. The molecule has 0 aromatic heterocycles. The number of sulfonamides is 2. The van der Waals surface area contributed by atoms with Gasteiger partial charge in [-0.1, -0.05) is 23.7 Å². The Morgan fingerprint density at radius 2 is 1.87 bits per heavy atom. The number of carbonyl (C=O) groups is 1. The zero-order valence-electron chi connectivity index (χ0n) is 20.3. The van der Waals surface area contributed by atoms with Gasteiger partial charge in [-0.15, -0.1) is 4.40 Å². The van der Waals surface area contributed by atoms with Crippen LogP contribution in [0.25, 0.3) is 0 Å². The summed E-state index contributed by atoms with van der Waals surface area (Å²) in [6.07, 6.45) is 3.76. The number of nitrogens with one attached hydrogen (secondary N) is 2. The molecule has 1 amide bonds. The van der Waals surface area contributed by atoms with E-state index in [1.54, 1.807) is 17.0 Å². The first-order valence-corrected chi connectivity index (χ1v) is 15.8. The number of carbonyl (C=O) groups excluding carboxylic acids is 1. The fourth-order valence-electron chi connectivity index (χ4n) is 6.38. The van der Waals surface area contributed by atoms with Crippen LogP contribution in [-0.2, 0) is 31.4 Å². The number of aliphatic hydroxyl groups is 1. The molecule has 6 rings (SSSR count). The van der Waals surface area contributed by atoms with Crippen molar-refractivity contribution in [1.82, 2.24) is 4.90 Å². The maximum absolute atomic E-state index is 13.9. The van der Waals surface area contributed by atoms with Crippen molar-refractivity contribution in [3.05, 3.63) is 64.4 Å². The van der Waals surface area contributed by atoms with Gasteiger partial charge >= 0.3 is 0 Å². The molecule has 2 saturated carbocycles. The maximum Gasteiger partial charge on any atom is 0.286 e. The molecule has 2 fully saturated rings. The quantitative estimate of drug-likeness (QED) is 0.494. The van der Waals surface area contributed by atoms with E-state index in [1.807, 2.05) is 12.1 Å². The Morgan fingerprint density at radius 1 is 1.16 bits per heavy atom. The van der Waals surface area contributed by atoms with Gasteiger partial charge < -0.3 is 15.3 Å².